The second kappa shape index (κ2) is 7.30. The van der Waals surface area contributed by atoms with Crippen LogP contribution >= 0.6 is 10.8 Å². The van der Waals surface area contributed by atoms with Gasteiger partial charge < -0.3 is 0 Å². The summed E-state index contributed by atoms with van der Waals surface area (Å²) in [6.45, 7) is -2.88. The first kappa shape index (κ1) is 17.7. The Hall–Kier alpha value is -0.628. The first-order chi connectivity index (χ1) is 10.4. The minimum absolute atomic E-state index is 0.0760. The molecule has 2 rings (SSSR count). The predicted octanol–water partition coefficient (Wildman–Crippen LogP) is 3.07. The second-order valence-electron chi connectivity index (χ2n) is 4.34. The summed E-state index contributed by atoms with van der Waals surface area (Å²) in [4.78, 5) is 0. The number of hydrogen-bond acceptors (Lipinski definition) is 4. The summed E-state index contributed by atoms with van der Waals surface area (Å²) in [6.07, 6.45) is 0.460. The van der Waals surface area contributed by atoms with Crippen LogP contribution in [0.1, 0.15) is 12.1 Å². The molecule has 10 heteroatoms. The zero-order chi connectivity index (χ0) is 16.3. The van der Waals surface area contributed by atoms with Gasteiger partial charge in [-0.25, -0.2) is 0 Å². The minimum atomic E-state index is -3.76. The Morgan fingerprint density at radius 2 is 1.91 bits per heavy atom. The predicted molar refractivity (Wildman–Crippen MR) is 77.2 cm³/mol. The van der Waals surface area contributed by atoms with Crippen LogP contribution in [-0.2, 0) is 6.54 Å². The van der Waals surface area contributed by atoms with Crippen molar-refractivity contribution in [2.45, 2.75) is 18.1 Å². The van der Waals surface area contributed by atoms with Crippen LogP contribution in [0.25, 0.3) is 0 Å². The molecule has 2 N–H and O–H groups in total. The fourth-order valence-corrected chi connectivity index (χ4v) is 5.59. The van der Waals surface area contributed by atoms with E-state index in [-0.39, 0.29) is 11.2 Å². The SMILES string of the molecule is OS(O)(c1nn(C(F)F)cc1F)N([CH2][Pb])Cc1ccccc1. The molecule has 5 nitrogen and oxygen atoms in total. The molecule has 0 aliphatic rings. The van der Waals surface area contributed by atoms with E-state index in [1.807, 2.05) is 6.07 Å². The molecule has 119 valence electrons. The van der Waals surface area contributed by atoms with Crippen molar-refractivity contribution in [2.24, 2.45) is 0 Å². The molecule has 1 aromatic heterocycles. The number of rotatable bonds is 6. The Morgan fingerprint density at radius 1 is 1.27 bits per heavy atom. The molecule has 22 heavy (non-hydrogen) atoms. The quantitative estimate of drug-likeness (QED) is 0.568. The summed E-state index contributed by atoms with van der Waals surface area (Å²) in [5.41, 5.74) is 0.798. The van der Waals surface area contributed by atoms with E-state index in [1.165, 1.54) is 4.31 Å². The Bertz CT molecular complexity index is 627. The fraction of sp³-hybridized carbons (Fsp3) is 0.250. The standard InChI is InChI=1S/C12H13F3N3O2S.Pb/c1-17(7-9-5-3-2-4-6-9)21(19,20)11-10(13)8-18(16-11)12(14)15;/h2-6,8,12,19-20H,1,7H2;. The zero-order valence-corrected chi connectivity index (χ0v) is 15.9. The van der Waals surface area contributed by atoms with Gasteiger partial charge >= 0.3 is 143 Å². The molecule has 0 saturated heterocycles. The molecule has 0 saturated carbocycles. The molecule has 0 spiro atoms. The van der Waals surface area contributed by atoms with Crippen LogP contribution in [0.2, 0.25) is 0 Å². The molecule has 0 aliphatic heterocycles. The first-order valence-electron chi connectivity index (χ1n) is 6.11. The summed E-state index contributed by atoms with van der Waals surface area (Å²) in [7, 11) is -3.76. The first-order valence-corrected chi connectivity index (χ1v) is 10.4. The Morgan fingerprint density at radius 3 is 2.41 bits per heavy atom. The molecule has 3 radical (unpaired) electrons. The van der Waals surface area contributed by atoms with E-state index < -0.39 is 28.2 Å². The van der Waals surface area contributed by atoms with Gasteiger partial charge in [-0.05, 0) is 0 Å². The Balaban J connectivity index is 2.30. The van der Waals surface area contributed by atoms with Crippen LogP contribution in [0, 0.1) is 5.82 Å². The molecule has 0 unspecified atom stereocenters. The maximum atomic E-state index is 13.8. The zero-order valence-electron chi connectivity index (χ0n) is 11.2. The summed E-state index contributed by atoms with van der Waals surface area (Å²) in [5, 5.41) is 2.54. The van der Waals surface area contributed by atoms with Crippen LogP contribution in [0.15, 0.2) is 41.6 Å². The summed E-state index contributed by atoms with van der Waals surface area (Å²) < 4.78 is 61.1. The van der Waals surface area contributed by atoms with E-state index in [0.29, 0.717) is 36.1 Å². The van der Waals surface area contributed by atoms with Crippen LogP contribution in [-0.4, -0.2) is 53.1 Å². The van der Waals surface area contributed by atoms with Crippen LogP contribution in [0.5, 0.6) is 0 Å². The van der Waals surface area contributed by atoms with Gasteiger partial charge in [-0.2, -0.15) is 0 Å². The van der Waals surface area contributed by atoms with Gasteiger partial charge in [0.25, 0.3) is 0 Å². The Labute approximate surface area is 142 Å². The van der Waals surface area contributed by atoms with Gasteiger partial charge in [0.1, 0.15) is 0 Å². The third-order valence-electron chi connectivity index (χ3n) is 2.85. The van der Waals surface area contributed by atoms with Gasteiger partial charge in [0, 0.05) is 0 Å². The summed E-state index contributed by atoms with van der Waals surface area (Å²) in [5.74, 6) is -1.16. The van der Waals surface area contributed by atoms with E-state index in [0.717, 1.165) is 5.56 Å². The molecular weight excluding hydrogens is 514 g/mol. The van der Waals surface area contributed by atoms with E-state index in [2.05, 4.69) is 5.10 Å². The van der Waals surface area contributed by atoms with Crippen molar-refractivity contribution in [3.8, 4) is 0 Å². The van der Waals surface area contributed by atoms with E-state index in [1.54, 1.807) is 24.3 Å². The summed E-state index contributed by atoms with van der Waals surface area (Å²) in [6, 6.07) is 8.97. The molecular formula is C12H13F3N3O2PbS. The number of aromatic nitrogens is 2. The topological polar surface area (TPSA) is 61.5 Å². The Kier molecular flexibility index (Phi) is 5.88. The third kappa shape index (κ3) is 3.82. The molecule has 0 fully saturated rings. The molecule has 0 bridgehead atoms. The van der Waals surface area contributed by atoms with Crippen molar-refractivity contribution in [1.82, 2.24) is 14.1 Å². The number of benzene rings is 1. The van der Waals surface area contributed by atoms with Gasteiger partial charge in [-0.15, -0.1) is 0 Å². The molecule has 0 aliphatic carbocycles. The number of hydrogen-bond donors (Lipinski definition) is 2. The molecule has 1 heterocycles. The van der Waals surface area contributed by atoms with Gasteiger partial charge in [-0.1, -0.05) is 0 Å². The number of alkyl halides is 2. The third-order valence-corrected chi connectivity index (χ3v) is 7.00. The second-order valence-corrected chi connectivity index (χ2v) is 7.51. The van der Waals surface area contributed by atoms with Gasteiger partial charge in [-0.3, -0.25) is 0 Å². The van der Waals surface area contributed by atoms with Crippen molar-refractivity contribution < 1.29 is 22.3 Å². The monoisotopic (exact) mass is 528 g/mol. The van der Waals surface area contributed by atoms with Crippen molar-refractivity contribution >= 4 is 36.5 Å². The van der Waals surface area contributed by atoms with Crippen molar-refractivity contribution in [3.63, 3.8) is 0 Å². The van der Waals surface area contributed by atoms with E-state index in [4.69, 9.17) is 0 Å². The fourth-order valence-electron chi connectivity index (χ4n) is 1.78. The average Bonchev–Trinajstić information content (AvgIpc) is 2.88. The normalized spacial score (nSPS) is 13.1. The van der Waals surface area contributed by atoms with Crippen LogP contribution in [0.4, 0.5) is 13.2 Å². The summed E-state index contributed by atoms with van der Waals surface area (Å²) >= 11 is 0.588. The van der Waals surface area contributed by atoms with E-state index >= 15 is 0 Å². The van der Waals surface area contributed by atoms with Crippen molar-refractivity contribution in [3.05, 3.63) is 47.9 Å². The van der Waals surface area contributed by atoms with Gasteiger partial charge in [0.2, 0.25) is 0 Å². The molecule has 1 aromatic carbocycles. The maximum absolute atomic E-state index is 13.8. The molecule has 0 amide bonds. The van der Waals surface area contributed by atoms with Gasteiger partial charge in [0.05, 0.1) is 0 Å². The number of halogens is 3. The average molecular weight is 528 g/mol. The molecule has 0 atom stereocenters. The molecule has 2 aromatic rings. The van der Waals surface area contributed by atoms with Crippen molar-refractivity contribution in [2.75, 3.05) is 4.10 Å². The van der Waals surface area contributed by atoms with E-state index in [9.17, 15) is 22.3 Å². The van der Waals surface area contributed by atoms with Crippen LogP contribution in [0.3, 0.4) is 0 Å². The van der Waals surface area contributed by atoms with Crippen molar-refractivity contribution in [1.29, 1.82) is 0 Å². The van der Waals surface area contributed by atoms with Gasteiger partial charge in [0.15, 0.2) is 0 Å². The number of nitrogens with zero attached hydrogens (tertiary/aromatic N) is 3. The van der Waals surface area contributed by atoms with Crippen LogP contribution < -0.4 is 0 Å².